The van der Waals surface area contributed by atoms with E-state index in [-0.39, 0.29) is 0 Å². The minimum absolute atomic E-state index is 0.379. The first-order valence-corrected chi connectivity index (χ1v) is 8.77. The molecule has 0 fully saturated rings. The van der Waals surface area contributed by atoms with Crippen molar-refractivity contribution < 1.29 is 9.47 Å². The van der Waals surface area contributed by atoms with Gasteiger partial charge in [-0.15, -0.1) is 6.58 Å². The Morgan fingerprint density at radius 1 is 1.22 bits per heavy atom. The maximum Gasteiger partial charge on any atom is 0.216 e. The number of hydrogen-bond donors (Lipinski definition) is 1. The second kappa shape index (κ2) is 8.95. The van der Waals surface area contributed by atoms with E-state index in [1.165, 1.54) is 11.0 Å². The molecule has 3 rings (SSSR count). The third-order valence-electron chi connectivity index (χ3n) is 3.89. The van der Waals surface area contributed by atoms with Gasteiger partial charge in [0.2, 0.25) is 4.77 Å². The van der Waals surface area contributed by atoms with Crippen LogP contribution in [0.25, 0.3) is 0 Å². The van der Waals surface area contributed by atoms with Crippen molar-refractivity contribution in [2.45, 2.75) is 13.0 Å². The Morgan fingerprint density at radius 2 is 2.07 bits per heavy atom. The molecule has 0 saturated heterocycles. The lowest BCUT2D eigenvalue weighted by molar-refractivity contribution is 0.294. The summed E-state index contributed by atoms with van der Waals surface area (Å²) in [6.45, 7) is 4.17. The first-order chi connectivity index (χ1) is 13.2. The summed E-state index contributed by atoms with van der Waals surface area (Å²) in [6.07, 6.45) is 5.84. The van der Waals surface area contributed by atoms with Crippen LogP contribution in [0.4, 0.5) is 0 Å². The third-order valence-corrected chi connectivity index (χ3v) is 4.17. The predicted molar refractivity (Wildman–Crippen MR) is 108 cm³/mol. The number of para-hydroxylation sites is 1. The summed E-state index contributed by atoms with van der Waals surface area (Å²) in [5.41, 5.74) is 2.92. The lowest BCUT2D eigenvalue weighted by Gasteiger charge is -2.13. The molecule has 3 aromatic rings. The Morgan fingerprint density at radius 3 is 2.81 bits per heavy atom. The van der Waals surface area contributed by atoms with Gasteiger partial charge in [-0.3, -0.25) is 5.10 Å². The molecule has 1 aromatic heterocycles. The van der Waals surface area contributed by atoms with Crippen LogP contribution in [-0.2, 0) is 13.0 Å². The Labute approximate surface area is 162 Å². The van der Waals surface area contributed by atoms with Crippen LogP contribution in [0, 0.1) is 4.77 Å². The molecule has 6 nitrogen and oxygen atoms in total. The van der Waals surface area contributed by atoms with Crippen molar-refractivity contribution in [1.29, 1.82) is 0 Å². The molecule has 0 aliphatic carbocycles. The maximum absolute atomic E-state index is 6.03. The number of aromatic amines is 1. The number of hydrogen-bond acceptors (Lipinski definition) is 5. The van der Waals surface area contributed by atoms with Crippen molar-refractivity contribution in [2.75, 3.05) is 7.11 Å². The largest absolute Gasteiger partial charge is 0.496 e. The van der Waals surface area contributed by atoms with Crippen LogP contribution in [0.2, 0.25) is 0 Å². The maximum atomic E-state index is 6.03. The molecule has 138 valence electrons. The number of methoxy groups -OCH3 is 1. The summed E-state index contributed by atoms with van der Waals surface area (Å²) < 4.78 is 13.4. The van der Waals surface area contributed by atoms with E-state index in [4.69, 9.17) is 21.7 Å². The smallest absolute Gasteiger partial charge is 0.216 e. The Hall–Kier alpha value is -3.19. The zero-order valence-corrected chi connectivity index (χ0v) is 15.8. The fourth-order valence-corrected chi connectivity index (χ4v) is 2.72. The second-order valence-electron chi connectivity index (χ2n) is 5.71. The van der Waals surface area contributed by atoms with Crippen molar-refractivity contribution in [3.8, 4) is 11.5 Å². The van der Waals surface area contributed by atoms with Gasteiger partial charge in [-0.2, -0.15) is 14.9 Å². The van der Waals surface area contributed by atoms with E-state index in [0.717, 1.165) is 34.6 Å². The Bertz CT molecular complexity index is 1010. The van der Waals surface area contributed by atoms with Crippen LogP contribution in [-0.4, -0.2) is 28.2 Å². The van der Waals surface area contributed by atoms with Crippen molar-refractivity contribution in [2.24, 2.45) is 5.10 Å². The van der Waals surface area contributed by atoms with Gasteiger partial charge >= 0.3 is 0 Å². The van der Waals surface area contributed by atoms with E-state index in [9.17, 15) is 0 Å². The summed E-state index contributed by atoms with van der Waals surface area (Å²) >= 11 is 5.08. The highest BCUT2D eigenvalue weighted by Crippen LogP contribution is 2.24. The summed E-state index contributed by atoms with van der Waals surface area (Å²) in [5, 5.41) is 10.8. The number of rotatable bonds is 8. The van der Waals surface area contributed by atoms with Crippen molar-refractivity contribution in [3.05, 3.63) is 82.9 Å². The Kier molecular flexibility index (Phi) is 6.17. The molecule has 1 heterocycles. The van der Waals surface area contributed by atoms with E-state index in [1.807, 2.05) is 48.5 Å². The summed E-state index contributed by atoms with van der Waals surface area (Å²) in [7, 11) is 1.64. The SMILES string of the molecule is C=CCc1ccccc1OCc1cc(/C=N\n2cn[nH]c2=S)ccc1OC. The van der Waals surface area contributed by atoms with Gasteiger partial charge in [0.1, 0.15) is 24.4 Å². The van der Waals surface area contributed by atoms with Gasteiger partial charge in [-0.1, -0.05) is 24.3 Å². The van der Waals surface area contributed by atoms with E-state index in [1.54, 1.807) is 13.3 Å². The van der Waals surface area contributed by atoms with Crippen LogP contribution in [0.3, 0.4) is 0 Å². The van der Waals surface area contributed by atoms with Crippen molar-refractivity contribution >= 4 is 18.4 Å². The van der Waals surface area contributed by atoms with E-state index < -0.39 is 0 Å². The second-order valence-corrected chi connectivity index (χ2v) is 6.10. The lowest BCUT2D eigenvalue weighted by atomic mass is 10.1. The van der Waals surface area contributed by atoms with Crippen LogP contribution < -0.4 is 9.47 Å². The number of nitrogens with zero attached hydrogens (tertiary/aromatic N) is 3. The fourth-order valence-electron chi connectivity index (χ4n) is 2.57. The van der Waals surface area contributed by atoms with Gasteiger partial charge in [0.25, 0.3) is 0 Å². The zero-order chi connectivity index (χ0) is 19.1. The van der Waals surface area contributed by atoms with E-state index >= 15 is 0 Å². The molecule has 2 aromatic carbocycles. The highest BCUT2D eigenvalue weighted by atomic mass is 32.1. The van der Waals surface area contributed by atoms with Gasteiger partial charge in [-0.25, -0.2) is 0 Å². The minimum Gasteiger partial charge on any atom is -0.496 e. The van der Waals surface area contributed by atoms with E-state index in [2.05, 4.69) is 21.9 Å². The molecule has 0 saturated carbocycles. The number of allylic oxidation sites excluding steroid dienone is 1. The Balaban J connectivity index is 1.80. The monoisotopic (exact) mass is 380 g/mol. The molecule has 0 unspecified atom stereocenters. The number of nitrogens with one attached hydrogen (secondary N) is 1. The standard InChI is InChI=1S/C20H20N4O2S/c1-3-6-16-7-4-5-8-19(16)26-13-17-11-15(9-10-18(17)25-2)12-22-24-14-21-23-20(24)27/h3-5,7-12,14H,1,6,13H2,2H3,(H,23,27)/b22-12-. The zero-order valence-electron chi connectivity index (χ0n) is 15.0. The molecule has 0 aliphatic rings. The molecule has 0 amide bonds. The highest BCUT2D eigenvalue weighted by Gasteiger charge is 2.07. The van der Waals surface area contributed by atoms with Crippen molar-refractivity contribution in [1.82, 2.24) is 14.9 Å². The average molecular weight is 380 g/mol. The summed E-state index contributed by atoms with van der Waals surface area (Å²) in [5.74, 6) is 1.59. The van der Waals surface area contributed by atoms with Crippen LogP contribution >= 0.6 is 12.2 Å². The topological polar surface area (TPSA) is 64.4 Å². The normalized spacial score (nSPS) is 10.9. The number of H-pyrrole nitrogens is 1. The molecule has 0 aliphatic heterocycles. The molecule has 27 heavy (non-hydrogen) atoms. The number of ether oxygens (including phenoxy) is 2. The first kappa shape index (κ1) is 18.6. The molecule has 0 radical (unpaired) electrons. The average Bonchev–Trinajstić information content (AvgIpc) is 3.11. The summed E-state index contributed by atoms with van der Waals surface area (Å²) in [6, 6.07) is 13.7. The van der Waals surface area contributed by atoms with Crippen molar-refractivity contribution in [3.63, 3.8) is 0 Å². The number of benzene rings is 2. The fraction of sp³-hybridized carbons (Fsp3) is 0.150. The molecule has 7 heteroatoms. The molecule has 1 N–H and O–H groups in total. The molecule has 0 bridgehead atoms. The van der Waals surface area contributed by atoms with Crippen LogP contribution in [0.5, 0.6) is 11.5 Å². The van der Waals surface area contributed by atoms with Gasteiger partial charge in [0, 0.05) is 5.56 Å². The minimum atomic E-state index is 0.379. The van der Waals surface area contributed by atoms with Crippen LogP contribution in [0.1, 0.15) is 16.7 Å². The predicted octanol–water partition coefficient (Wildman–Crippen LogP) is 4.14. The van der Waals surface area contributed by atoms with Gasteiger partial charge in [0.15, 0.2) is 0 Å². The third kappa shape index (κ3) is 4.71. The highest BCUT2D eigenvalue weighted by molar-refractivity contribution is 7.71. The molecular formula is C20H20N4O2S. The summed E-state index contributed by atoms with van der Waals surface area (Å²) in [4.78, 5) is 0. The van der Waals surface area contributed by atoms with Gasteiger partial charge in [-0.05, 0) is 54.0 Å². The quantitative estimate of drug-likeness (QED) is 0.362. The number of aromatic nitrogens is 3. The molecule has 0 spiro atoms. The first-order valence-electron chi connectivity index (χ1n) is 8.36. The lowest BCUT2D eigenvalue weighted by Crippen LogP contribution is -2.02. The molecule has 0 atom stereocenters. The van der Waals surface area contributed by atoms with Crippen LogP contribution in [0.15, 0.2) is 66.5 Å². The van der Waals surface area contributed by atoms with Gasteiger partial charge in [0.05, 0.1) is 13.3 Å². The van der Waals surface area contributed by atoms with E-state index in [0.29, 0.717) is 11.4 Å². The molecular weight excluding hydrogens is 360 g/mol. The van der Waals surface area contributed by atoms with Gasteiger partial charge < -0.3 is 9.47 Å².